The number of aromatic nitrogens is 2. The SMILES string of the molecule is CCOc1ccccc1-c1nn(C(CC)CC)cc1C=O. The minimum absolute atomic E-state index is 0.316. The molecule has 1 aromatic carbocycles. The van der Waals surface area contributed by atoms with Crippen molar-refractivity contribution in [3.05, 3.63) is 36.0 Å². The van der Waals surface area contributed by atoms with Crippen molar-refractivity contribution in [2.24, 2.45) is 0 Å². The Morgan fingerprint density at radius 2 is 1.95 bits per heavy atom. The highest BCUT2D eigenvalue weighted by Crippen LogP contribution is 2.31. The molecule has 1 heterocycles. The highest BCUT2D eigenvalue weighted by molar-refractivity contribution is 5.87. The minimum atomic E-state index is 0.316. The Bertz CT molecular complexity index is 601. The van der Waals surface area contributed by atoms with E-state index in [1.807, 2.05) is 42.1 Å². The largest absolute Gasteiger partial charge is 0.493 e. The zero-order chi connectivity index (χ0) is 15.2. The zero-order valence-electron chi connectivity index (χ0n) is 12.9. The van der Waals surface area contributed by atoms with Crippen LogP contribution in [0.15, 0.2) is 30.5 Å². The van der Waals surface area contributed by atoms with Crippen LogP contribution in [0, 0.1) is 0 Å². The van der Waals surface area contributed by atoms with Gasteiger partial charge in [-0.2, -0.15) is 5.10 Å². The molecule has 0 atom stereocenters. The van der Waals surface area contributed by atoms with Gasteiger partial charge in [0.2, 0.25) is 0 Å². The summed E-state index contributed by atoms with van der Waals surface area (Å²) >= 11 is 0. The molecule has 0 radical (unpaired) electrons. The fourth-order valence-electron chi connectivity index (χ4n) is 2.49. The molecule has 0 unspecified atom stereocenters. The van der Waals surface area contributed by atoms with Crippen molar-refractivity contribution in [2.45, 2.75) is 39.7 Å². The summed E-state index contributed by atoms with van der Waals surface area (Å²) in [4.78, 5) is 11.4. The van der Waals surface area contributed by atoms with Crippen LogP contribution >= 0.6 is 0 Å². The molecule has 4 nitrogen and oxygen atoms in total. The number of hydrogen-bond donors (Lipinski definition) is 0. The van der Waals surface area contributed by atoms with Gasteiger partial charge in [-0.25, -0.2) is 0 Å². The van der Waals surface area contributed by atoms with Crippen molar-refractivity contribution in [3.8, 4) is 17.0 Å². The van der Waals surface area contributed by atoms with E-state index in [-0.39, 0.29) is 0 Å². The molecule has 0 amide bonds. The Labute approximate surface area is 125 Å². The number of aldehydes is 1. The summed E-state index contributed by atoms with van der Waals surface area (Å²) in [5, 5.41) is 4.64. The third-order valence-electron chi connectivity index (χ3n) is 3.65. The topological polar surface area (TPSA) is 44.1 Å². The number of ether oxygens (including phenoxy) is 1. The lowest BCUT2D eigenvalue weighted by molar-refractivity contribution is 0.112. The van der Waals surface area contributed by atoms with Gasteiger partial charge in [0.25, 0.3) is 0 Å². The van der Waals surface area contributed by atoms with Crippen LogP contribution in [0.1, 0.15) is 50.0 Å². The predicted molar refractivity (Wildman–Crippen MR) is 83.8 cm³/mol. The molecule has 0 spiro atoms. The van der Waals surface area contributed by atoms with Crippen LogP contribution in [0.3, 0.4) is 0 Å². The molecule has 2 rings (SSSR count). The molecule has 112 valence electrons. The summed E-state index contributed by atoms with van der Waals surface area (Å²) in [6.07, 6.45) is 4.68. The second-order valence-corrected chi connectivity index (χ2v) is 4.93. The maximum atomic E-state index is 11.4. The second kappa shape index (κ2) is 7.07. The molecule has 0 saturated heterocycles. The number of hydrogen-bond acceptors (Lipinski definition) is 3. The molecule has 4 heteroatoms. The van der Waals surface area contributed by atoms with E-state index >= 15 is 0 Å². The maximum Gasteiger partial charge on any atom is 0.153 e. The van der Waals surface area contributed by atoms with Crippen molar-refractivity contribution in [3.63, 3.8) is 0 Å². The van der Waals surface area contributed by atoms with Gasteiger partial charge in [0.05, 0.1) is 18.2 Å². The maximum absolute atomic E-state index is 11.4. The first kappa shape index (κ1) is 15.3. The molecular weight excluding hydrogens is 264 g/mol. The van der Waals surface area contributed by atoms with Crippen molar-refractivity contribution in [1.29, 1.82) is 0 Å². The Morgan fingerprint density at radius 1 is 1.24 bits per heavy atom. The van der Waals surface area contributed by atoms with Gasteiger partial charge in [0.15, 0.2) is 6.29 Å². The van der Waals surface area contributed by atoms with Crippen LogP contribution in [-0.2, 0) is 0 Å². The number of rotatable bonds is 7. The lowest BCUT2D eigenvalue weighted by Gasteiger charge is -2.12. The van der Waals surface area contributed by atoms with Gasteiger partial charge >= 0.3 is 0 Å². The molecule has 21 heavy (non-hydrogen) atoms. The summed E-state index contributed by atoms with van der Waals surface area (Å²) in [6, 6.07) is 8.02. The average molecular weight is 286 g/mol. The Kier molecular flexibility index (Phi) is 5.14. The number of benzene rings is 1. The quantitative estimate of drug-likeness (QED) is 0.719. The highest BCUT2D eigenvalue weighted by Gasteiger charge is 2.17. The third-order valence-corrected chi connectivity index (χ3v) is 3.65. The first-order valence-electron chi connectivity index (χ1n) is 7.51. The highest BCUT2D eigenvalue weighted by atomic mass is 16.5. The molecule has 0 aliphatic carbocycles. The first-order valence-corrected chi connectivity index (χ1v) is 7.51. The molecule has 0 N–H and O–H groups in total. The fraction of sp³-hybridized carbons (Fsp3) is 0.412. The number of para-hydroxylation sites is 1. The van der Waals surface area contributed by atoms with Crippen LogP contribution in [0.2, 0.25) is 0 Å². The van der Waals surface area contributed by atoms with Gasteiger partial charge in [0.1, 0.15) is 11.4 Å². The second-order valence-electron chi connectivity index (χ2n) is 4.93. The molecule has 0 fully saturated rings. The monoisotopic (exact) mass is 286 g/mol. The Morgan fingerprint density at radius 3 is 2.57 bits per heavy atom. The van der Waals surface area contributed by atoms with Crippen molar-refractivity contribution >= 4 is 6.29 Å². The van der Waals surface area contributed by atoms with E-state index in [1.54, 1.807) is 0 Å². The summed E-state index contributed by atoms with van der Waals surface area (Å²) in [5.74, 6) is 0.762. The van der Waals surface area contributed by atoms with E-state index in [0.29, 0.717) is 23.9 Å². The summed E-state index contributed by atoms with van der Waals surface area (Å²) in [6.45, 7) is 6.79. The molecule has 1 aromatic heterocycles. The van der Waals surface area contributed by atoms with Crippen molar-refractivity contribution < 1.29 is 9.53 Å². The normalized spacial score (nSPS) is 10.9. The van der Waals surface area contributed by atoms with E-state index in [1.165, 1.54) is 0 Å². The Balaban J connectivity index is 2.51. The summed E-state index contributed by atoms with van der Waals surface area (Å²) in [7, 11) is 0. The van der Waals surface area contributed by atoms with Crippen LogP contribution < -0.4 is 4.74 Å². The van der Waals surface area contributed by atoms with Crippen molar-refractivity contribution in [1.82, 2.24) is 9.78 Å². The molecule has 0 aliphatic rings. The molecular formula is C17H22N2O2. The van der Waals surface area contributed by atoms with E-state index in [0.717, 1.165) is 30.4 Å². The Hall–Kier alpha value is -2.10. The van der Waals surface area contributed by atoms with Crippen LogP contribution in [0.4, 0.5) is 0 Å². The van der Waals surface area contributed by atoms with Gasteiger partial charge in [0, 0.05) is 11.8 Å². The van der Waals surface area contributed by atoms with Crippen LogP contribution in [0.25, 0.3) is 11.3 Å². The van der Waals surface area contributed by atoms with E-state index < -0.39 is 0 Å². The third kappa shape index (κ3) is 3.15. The summed E-state index contributed by atoms with van der Waals surface area (Å²) in [5.41, 5.74) is 2.17. The van der Waals surface area contributed by atoms with Crippen molar-refractivity contribution in [2.75, 3.05) is 6.61 Å². The van der Waals surface area contributed by atoms with E-state index in [2.05, 4.69) is 18.9 Å². The molecule has 2 aromatic rings. The predicted octanol–water partition coefficient (Wildman–Crippen LogP) is 4.12. The number of nitrogens with zero attached hydrogens (tertiary/aromatic N) is 2. The fourth-order valence-corrected chi connectivity index (χ4v) is 2.49. The van der Waals surface area contributed by atoms with Gasteiger partial charge in [-0.15, -0.1) is 0 Å². The molecule has 0 aliphatic heterocycles. The zero-order valence-corrected chi connectivity index (χ0v) is 12.9. The minimum Gasteiger partial charge on any atom is -0.493 e. The van der Waals surface area contributed by atoms with Gasteiger partial charge in [-0.3, -0.25) is 9.48 Å². The van der Waals surface area contributed by atoms with Gasteiger partial charge < -0.3 is 4.74 Å². The average Bonchev–Trinajstić information content (AvgIpc) is 2.93. The lowest BCUT2D eigenvalue weighted by atomic mass is 10.1. The number of carbonyl (C=O) groups excluding carboxylic acids is 1. The molecule has 0 bridgehead atoms. The van der Waals surface area contributed by atoms with Gasteiger partial charge in [-0.05, 0) is 31.9 Å². The standard InChI is InChI=1S/C17H22N2O2/c1-4-14(5-2)19-11-13(12-20)17(18-19)15-9-7-8-10-16(15)21-6-3/h7-12,14H,4-6H2,1-3H3. The van der Waals surface area contributed by atoms with Gasteiger partial charge in [-0.1, -0.05) is 26.0 Å². The van der Waals surface area contributed by atoms with Crippen LogP contribution in [-0.4, -0.2) is 22.7 Å². The van der Waals surface area contributed by atoms with Crippen LogP contribution in [0.5, 0.6) is 5.75 Å². The lowest BCUT2D eigenvalue weighted by Crippen LogP contribution is -2.07. The smallest absolute Gasteiger partial charge is 0.153 e. The summed E-state index contributed by atoms with van der Waals surface area (Å²) < 4.78 is 7.55. The first-order chi connectivity index (χ1) is 10.2. The molecule has 0 saturated carbocycles. The van der Waals surface area contributed by atoms with E-state index in [4.69, 9.17) is 4.74 Å². The van der Waals surface area contributed by atoms with E-state index in [9.17, 15) is 4.79 Å². The number of carbonyl (C=O) groups is 1.